The molecule has 6 heteroatoms. The van der Waals surface area contributed by atoms with Crippen molar-refractivity contribution in [3.8, 4) is 0 Å². The number of hydrogen-bond donors (Lipinski definition) is 0. The summed E-state index contributed by atoms with van der Waals surface area (Å²) in [5, 5.41) is 0. The van der Waals surface area contributed by atoms with Crippen LogP contribution in [0.1, 0.15) is 47.0 Å². The van der Waals surface area contributed by atoms with Crippen LogP contribution in [-0.2, 0) is 19.1 Å². The van der Waals surface area contributed by atoms with Gasteiger partial charge < -0.3 is 14.5 Å². The number of amides is 2. The second-order valence-corrected chi connectivity index (χ2v) is 6.81. The second-order valence-electron chi connectivity index (χ2n) is 6.81. The number of nitrogens with zero attached hydrogens (tertiary/aromatic N) is 2. The molecule has 1 heterocycles. The Balaban J connectivity index is 2.48. The molecule has 0 bridgehead atoms. The van der Waals surface area contributed by atoms with Crippen molar-refractivity contribution >= 4 is 17.8 Å². The number of likely N-dealkylation sites (N-methyl/N-ethyl adjacent to an activating group) is 1. The second kappa shape index (κ2) is 8.31. The van der Waals surface area contributed by atoms with Gasteiger partial charge in [0.2, 0.25) is 11.8 Å². The Bertz CT molecular complexity index is 440. The van der Waals surface area contributed by atoms with E-state index < -0.39 is 5.41 Å². The minimum atomic E-state index is -0.452. The van der Waals surface area contributed by atoms with Crippen LogP contribution in [-0.4, -0.2) is 60.9 Å². The highest BCUT2D eigenvalue weighted by molar-refractivity contribution is 5.87. The number of hydrogen-bond acceptors (Lipinski definition) is 4. The Morgan fingerprint density at radius 2 is 1.74 bits per heavy atom. The highest BCUT2D eigenvalue weighted by Gasteiger charge is 2.32. The van der Waals surface area contributed by atoms with Gasteiger partial charge in [0, 0.05) is 25.6 Å². The van der Waals surface area contributed by atoms with Crippen LogP contribution in [0.25, 0.3) is 0 Å². The van der Waals surface area contributed by atoms with Crippen molar-refractivity contribution < 1.29 is 19.1 Å². The molecule has 0 atom stereocenters. The first-order valence-electron chi connectivity index (χ1n) is 8.42. The molecule has 1 rings (SSSR count). The topological polar surface area (TPSA) is 66.9 Å². The van der Waals surface area contributed by atoms with Gasteiger partial charge in [-0.1, -0.05) is 20.8 Å². The van der Waals surface area contributed by atoms with Gasteiger partial charge in [0.1, 0.15) is 0 Å². The van der Waals surface area contributed by atoms with Crippen LogP contribution in [0.4, 0.5) is 0 Å². The van der Waals surface area contributed by atoms with Crippen LogP contribution in [0.2, 0.25) is 0 Å². The standard InChI is InChI=1S/C17H30N2O4/c1-6-17(3,4)16(22)18(5)12-14(20)19-10-8-13(9-11-19)15(21)23-7-2/h13H,6-12H2,1-5H3. The van der Waals surface area contributed by atoms with Gasteiger partial charge in [-0.3, -0.25) is 14.4 Å². The van der Waals surface area contributed by atoms with Crippen LogP contribution in [0, 0.1) is 11.3 Å². The normalized spacial score (nSPS) is 16.1. The molecular weight excluding hydrogens is 296 g/mol. The number of carbonyl (C=O) groups excluding carboxylic acids is 3. The average Bonchev–Trinajstić information content (AvgIpc) is 2.54. The van der Waals surface area contributed by atoms with Crippen molar-refractivity contribution in [2.24, 2.45) is 11.3 Å². The lowest BCUT2D eigenvalue weighted by molar-refractivity contribution is -0.151. The van der Waals surface area contributed by atoms with Gasteiger partial charge in [0.25, 0.3) is 0 Å². The molecule has 6 nitrogen and oxygen atoms in total. The minimum Gasteiger partial charge on any atom is -0.466 e. The number of esters is 1. The molecule has 2 amide bonds. The fourth-order valence-corrected chi connectivity index (χ4v) is 2.67. The Morgan fingerprint density at radius 3 is 2.22 bits per heavy atom. The van der Waals surface area contributed by atoms with E-state index in [0.29, 0.717) is 32.5 Å². The summed E-state index contributed by atoms with van der Waals surface area (Å²) in [7, 11) is 1.67. The van der Waals surface area contributed by atoms with Crippen LogP contribution >= 0.6 is 0 Å². The number of ether oxygens (including phenoxy) is 1. The third-order valence-corrected chi connectivity index (χ3v) is 4.65. The van der Waals surface area contributed by atoms with Crippen LogP contribution < -0.4 is 0 Å². The van der Waals surface area contributed by atoms with Crippen molar-refractivity contribution in [3.05, 3.63) is 0 Å². The lowest BCUT2D eigenvalue weighted by Gasteiger charge is -2.33. The Morgan fingerprint density at radius 1 is 1.17 bits per heavy atom. The molecule has 1 aliphatic heterocycles. The number of likely N-dealkylation sites (tertiary alicyclic amines) is 1. The first-order valence-corrected chi connectivity index (χ1v) is 8.42. The molecule has 1 aliphatic rings. The first kappa shape index (κ1) is 19.5. The van der Waals surface area contributed by atoms with Gasteiger partial charge in [0.05, 0.1) is 19.1 Å². The summed E-state index contributed by atoms with van der Waals surface area (Å²) in [6, 6.07) is 0. The largest absolute Gasteiger partial charge is 0.466 e. The predicted molar refractivity (Wildman–Crippen MR) is 87.6 cm³/mol. The molecule has 0 aliphatic carbocycles. The molecule has 1 fully saturated rings. The van der Waals surface area contributed by atoms with Crippen LogP contribution in [0.5, 0.6) is 0 Å². The molecule has 0 unspecified atom stereocenters. The van der Waals surface area contributed by atoms with E-state index in [1.807, 2.05) is 20.8 Å². The SMILES string of the molecule is CCOC(=O)C1CCN(C(=O)CN(C)C(=O)C(C)(C)CC)CC1. The van der Waals surface area contributed by atoms with E-state index in [-0.39, 0.29) is 30.2 Å². The van der Waals surface area contributed by atoms with Crippen molar-refractivity contribution in [2.45, 2.75) is 47.0 Å². The van der Waals surface area contributed by atoms with Crippen molar-refractivity contribution in [1.29, 1.82) is 0 Å². The Kier molecular flexibility index (Phi) is 7.03. The molecule has 132 valence electrons. The van der Waals surface area contributed by atoms with E-state index in [1.54, 1.807) is 18.9 Å². The van der Waals surface area contributed by atoms with Crippen molar-refractivity contribution in [1.82, 2.24) is 9.80 Å². The molecule has 0 aromatic heterocycles. The molecule has 0 aromatic carbocycles. The fraction of sp³-hybridized carbons (Fsp3) is 0.824. The molecule has 0 saturated carbocycles. The summed E-state index contributed by atoms with van der Waals surface area (Å²) in [6.07, 6.45) is 1.99. The van der Waals surface area contributed by atoms with E-state index in [9.17, 15) is 14.4 Å². The highest BCUT2D eigenvalue weighted by atomic mass is 16.5. The minimum absolute atomic E-state index is 0.0187. The van der Waals surface area contributed by atoms with E-state index in [1.165, 1.54) is 4.90 Å². The zero-order chi connectivity index (χ0) is 17.6. The zero-order valence-corrected chi connectivity index (χ0v) is 15.1. The number of carbonyl (C=O) groups is 3. The van der Waals surface area contributed by atoms with Gasteiger partial charge in [-0.2, -0.15) is 0 Å². The lowest BCUT2D eigenvalue weighted by Crippen LogP contribution is -2.47. The predicted octanol–water partition coefficient (Wildman–Crippen LogP) is 1.68. The van der Waals surface area contributed by atoms with Crippen LogP contribution in [0.3, 0.4) is 0 Å². The summed E-state index contributed by atoms with van der Waals surface area (Å²) in [5.41, 5.74) is -0.452. The van der Waals surface area contributed by atoms with E-state index in [4.69, 9.17) is 4.74 Å². The molecule has 23 heavy (non-hydrogen) atoms. The molecule has 0 radical (unpaired) electrons. The molecule has 0 N–H and O–H groups in total. The van der Waals surface area contributed by atoms with Gasteiger partial charge in [-0.15, -0.1) is 0 Å². The summed E-state index contributed by atoms with van der Waals surface area (Å²) >= 11 is 0. The average molecular weight is 326 g/mol. The van der Waals surface area contributed by atoms with E-state index in [0.717, 1.165) is 6.42 Å². The Labute approximate surface area is 139 Å². The summed E-state index contributed by atoms with van der Waals surface area (Å²) in [6.45, 7) is 9.10. The number of piperidine rings is 1. The highest BCUT2D eigenvalue weighted by Crippen LogP contribution is 2.23. The maximum absolute atomic E-state index is 12.3. The van der Waals surface area contributed by atoms with E-state index >= 15 is 0 Å². The quantitative estimate of drug-likeness (QED) is 0.697. The van der Waals surface area contributed by atoms with Crippen LogP contribution in [0.15, 0.2) is 0 Å². The van der Waals surface area contributed by atoms with E-state index in [2.05, 4.69) is 0 Å². The molecule has 0 aromatic rings. The Hall–Kier alpha value is -1.59. The molecule has 1 saturated heterocycles. The molecular formula is C17H30N2O4. The zero-order valence-electron chi connectivity index (χ0n) is 15.1. The monoisotopic (exact) mass is 326 g/mol. The maximum Gasteiger partial charge on any atom is 0.309 e. The first-order chi connectivity index (χ1) is 10.7. The van der Waals surface area contributed by atoms with Gasteiger partial charge in [-0.25, -0.2) is 0 Å². The van der Waals surface area contributed by atoms with Gasteiger partial charge >= 0.3 is 5.97 Å². The summed E-state index contributed by atoms with van der Waals surface area (Å²) in [4.78, 5) is 39.6. The van der Waals surface area contributed by atoms with Crippen molar-refractivity contribution in [3.63, 3.8) is 0 Å². The van der Waals surface area contributed by atoms with Gasteiger partial charge in [0.15, 0.2) is 0 Å². The summed E-state index contributed by atoms with van der Waals surface area (Å²) < 4.78 is 5.03. The number of rotatable bonds is 6. The maximum atomic E-state index is 12.3. The smallest absolute Gasteiger partial charge is 0.309 e. The van der Waals surface area contributed by atoms with Gasteiger partial charge in [-0.05, 0) is 26.2 Å². The third-order valence-electron chi connectivity index (χ3n) is 4.65. The van der Waals surface area contributed by atoms with Crippen molar-refractivity contribution in [2.75, 3.05) is 33.3 Å². The third kappa shape index (κ3) is 5.22. The lowest BCUT2D eigenvalue weighted by atomic mass is 9.88. The fourth-order valence-electron chi connectivity index (χ4n) is 2.67. The molecule has 0 spiro atoms. The summed E-state index contributed by atoms with van der Waals surface area (Å²) in [5.74, 6) is -0.362.